The number of benzene rings is 4. The van der Waals surface area contributed by atoms with E-state index in [4.69, 9.17) is 11.6 Å². The van der Waals surface area contributed by atoms with Crippen molar-refractivity contribution in [1.29, 1.82) is 0 Å². The van der Waals surface area contributed by atoms with E-state index in [1.165, 1.54) is 4.90 Å². The molecule has 0 spiro atoms. The van der Waals surface area contributed by atoms with Crippen LogP contribution in [0.5, 0.6) is 0 Å². The van der Waals surface area contributed by atoms with Crippen molar-refractivity contribution in [2.75, 3.05) is 17.4 Å². The lowest BCUT2D eigenvalue weighted by atomic mass is 10.0. The highest BCUT2D eigenvalue weighted by Crippen LogP contribution is 2.28. The Bertz CT molecular complexity index is 1730. The highest BCUT2D eigenvalue weighted by molar-refractivity contribution is 7.92. The number of amides is 2. The Labute approximate surface area is 271 Å². The molecule has 236 valence electrons. The van der Waals surface area contributed by atoms with Crippen LogP contribution in [0.3, 0.4) is 0 Å². The number of aryl methyl sites for hydroxylation is 3. The summed E-state index contributed by atoms with van der Waals surface area (Å²) < 4.78 is 29.5. The van der Waals surface area contributed by atoms with Crippen LogP contribution in [0.4, 0.5) is 5.69 Å². The van der Waals surface area contributed by atoms with Crippen molar-refractivity contribution < 1.29 is 18.0 Å². The van der Waals surface area contributed by atoms with E-state index in [1.807, 2.05) is 70.2 Å². The van der Waals surface area contributed by atoms with Crippen molar-refractivity contribution in [3.63, 3.8) is 0 Å². The Morgan fingerprint density at radius 3 is 2.16 bits per heavy atom. The molecule has 0 saturated heterocycles. The van der Waals surface area contributed by atoms with Crippen LogP contribution in [0.15, 0.2) is 102 Å². The molecule has 0 saturated carbocycles. The zero-order valence-electron chi connectivity index (χ0n) is 26.2. The van der Waals surface area contributed by atoms with Crippen molar-refractivity contribution in [2.24, 2.45) is 0 Å². The third-order valence-corrected chi connectivity index (χ3v) is 9.94. The lowest BCUT2D eigenvalue weighted by Crippen LogP contribution is -2.53. The van der Waals surface area contributed by atoms with Gasteiger partial charge < -0.3 is 10.2 Å². The minimum atomic E-state index is -4.17. The molecule has 4 aromatic rings. The first-order chi connectivity index (χ1) is 21.5. The fourth-order valence-electron chi connectivity index (χ4n) is 4.98. The monoisotopic (exact) mass is 645 g/mol. The van der Waals surface area contributed by atoms with Crippen LogP contribution in [-0.2, 0) is 32.6 Å². The second-order valence-electron chi connectivity index (χ2n) is 11.2. The molecule has 1 unspecified atom stereocenters. The summed E-state index contributed by atoms with van der Waals surface area (Å²) in [6.45, 7) is 7.61. The molecule has 1 atom stereocenters. The van der Waals surface area contributed by atoms with Crippen LogP contribution < -0.4 is 9.62 Å². The van der Waals surface area contributed by atoms with Gasteiger partial charge in [0.05, 0.1) is 10.6 Å². The second-order valence-corrected chi connectivity index (χ2v) is 13.5. The molecule has 2 amide bonds. The number of carbonyl (C=O) groups excluding carboxylic acids is 2. The standard InChI is InChI=1S/C36H40ClN3O4S/c1-5-21-38-36(42)34(23-29-11-7-6-8-12-29)39(24-30-13-9-10-14-33(30)37)35(41)25-40(31-18-17-27(3)28(4)22-31)45(43,44)32-19-15-26(2)16-20-32/h6-20,22,34H,5,21,23-25H2,1-4H3,(H,38,42). The number of nitrogens with zero attached hydrogens (tertiary/aromatic N) is 2. The van der Waals surface area contributed by atoms with Crippen LogP contribution in [0, 0.1) is 20.8 Å². The molecule has 0 fully saturated rings. The summed E-state index contributed by atoms with van der Waals surface area (Å²) in [6.07, 6.45) is 0.957. The minimum absolute atomic E-state index is 0.0148. The summed E-state index contributed by atoms with van der Waals surface area (Å²) in [6, 6.07) is 27.5. The van der Waals surface area contributed by atoms with Crippen LogP contribution in [0.2, 0.25) is 5.02 Å². The molecule has 45 heavy (non-hydrogen) atoms. The van der Waals surface area contributed by atoms with Gasteiger partial charge in [-0.2, -0.15) is 0 Å². The van der Waals surface area contributed by atoms with E-state index < -0.39 is 28.5 Å². The van der Waals surface area contributed by atoms with Crippen molar-refractivity contribution in [2.45, 2.75) is 58.0 Å². The number of halogens is 1. The summed E-state index contributed by atoms with van der Waals surface area (Å²) in [7, 11) is -4.17. The molecule has 1 N–H and O–H groups in total. The second kappa shape index (κ2) is 15.2. The average molecular weight is 646 g/mol. The van der Waals surface area contributed by atoms with E-state index in [0.717, 1.165) is 33.0 Å². The molecular formula is C36H40ClN3O4S. The van der Waals surface area contributed by atoms with E-state index in [1.54, 1.807) is 54.6 Å². The topological polar surface area (TPSA) is 86.8 Å². The predicted molar refractivity (Wildman–Crippen MR) is 181 cm³/mol. The third-order valence-electron chi connectivity index (χ3n) is 7.79. The first kappa shape index (κ1) is 33.7. The van der Waals surface area contributed by atoms with Gasteiger partial charge in [0.2, 0.25) is 11.8 Å². The van der Waals surface area contributed by atoms with Gasteiger partial charge in [-0.3, -0.25) is 13.9 Å². The molecule has 0 aromatic heterocycles. The van der Waals surface area contributed by atoms with E-state index in [0.29, 0.717) is 22.8 Å². The van der Waals surface area contributed by atoms with E-state index >= 15 is 0 Å². The highest BCUT2D eigenvalue weighted by Gasteiger charge is 2.35. The summed E-state index contributed by atoms with van der Waals surface area (Å²) in [5.74, 6) is -0.850. The Balaban J connectivity index is 1.82. The van der Waals surface area contributed by atoms with E-state index in [2.05, 4.69) is 5.32 Å². The summed E-state index contributed by atoms with van der Waals surface area (Å²) in [5.41, 5.74) is 4.67. The molecule has 0 bridgehead atoms. The average Bonchev–Trinajstić information content (AvgIpc) is 3.03. The van der Waals surface area contributed by atoms with Gasteiger partial charge in [-0.05, 0) is 79.8 Å². The van der Waals surface area contributed by atoms with Gasteiger partial charge in [0.25, 0.3) is 10.0 Å². The van der Waals surface area contributed by atoms with Crippen molar-refractivity contribution in [3.8, 4) is 0 Å². The van der Waals surface area contributed by atoms with Gasteiger partial charge in [-0.1, -0.05) is 90.8 Å². The van der Waals surface area contributed by atoms with Crippen molar-refractivity contribution in [1.82, 2.24) is 10.2 Å². The molecule has 0 aliphatic carbocycles. The first-order valence-corrected chi connectivity index (χ1v) is 16.8. The number of nitrogens with one attached hydrogen (secondary N) is 1. The number of hydrogen-bond acceptors (Lipinski definition) is 4. The zero-order valence-corrected chi connectivity index (χ0v) is 27.7. The van der Waals surface area contributed by atoms with Gasteiger partial charge in [0, 0.05) is 24.5 Å². The zero-order chi connectivity index (χ0) is 32.6. The van der Waals surface area contributed by atoms with Gasteiger partial charge >= 0.3 is 0 Å². The number of rotatable bonds is 13. The smallest absolute Gasteiger partial charge is 0.264 e. The van der Waals surface area contributed by atoms with E-state index in [9.17, 15) is 18.0 Å². The molecule has 9 heteroatoms. The minimum Gasteiger partial charge on any atom is -0.354 e. The van der Waals surface area contributed by atoms with Crippen molar-refractivity contribution in [3.05, 3.63) is 130 Å². The lowest BCUT2D eigenvalue weighted by Gasteiger charge is -2.34. The summed E-state index contributed by atoms with van der Waals surface area (Å²) in [4.78, 5) is 29.8. The third kappa shape index (κ3) is 8.53. The maximum atomic E-state index is 14.5. The Kier molecular flexibility index (Phi) is 11.4. The number of carbonyl (C=O) groups is 2. The quantitative estimate of drug-likeness (QED) is 0.177. The van der Waals surface area contributed by atoms with Crippen LogP contribution in [0.1, 0.15) is 41.2 Å². The molecule has 4 aromatic carbocycles. The van der Waals surface area contributed by atoms with E-state index in [-0.39, 0.29) is 23.8 Å². The summed E-state index contributed by atoms with van der Waals surface area (Å²) in [5, 5.41) is 3.40. The summed E-state index contributed by atoms with van der Waals surface area (Å²) >= 11 is 6.56. The first-order valence-electron chi connectivity index (χ1n) is 15.0. The lowest BCUT2D eigenvalue weighted by molar-refractivity contribution is -0.140. The van der Waals surface area contributed by atoms with Gasteiger partial charge in [0.15, 0.2) is 0 Å². The fraction of sp³-hybridized carbons (Fsp3) is 0.278. The Morgan fingerprint density at radius 2 is 1.51 bits per heavy atom. The normalized spacial score (nSPS) is 11.9. The number of anilines is 1. The van der Waals surface area contributed by atoms with Crippen LogP contribution in [-0.4, -0.2) is 44.3 Å². The number of hydrogen-bond donors (Lipinski definition) is 1. The molecule has 4 rings (SSSR count). The number of sulfonamides is 1. The predicted octanol–water partition coefficient (Wildman–Crippen LogP) is 6.63. The maximum absolute atomic E-state index is 14.5. The molecule has 0 heterocycles. The Hall–Kier alpha value is -4.14. The molecule has 0 aliphatic heterocycles. The van der Waals surface area contributed by atoms with Crippen molar-refractivity contribution >= 4 is 39.1 Å². The molecular weight excluding hydrogens is 606 g/mol. The molecule has 0 radical (unpaired) electrons. The largest absolute Gasteiger partial charge is 0.354 e. The van der Waals surface area contributed by atoms with Gasteiger partial charge in [0.1, 0.15) is 12.6 Å². The maximum Gasteiger partial charge on any atom is 0.264 e. The fourth-order valence-corrected chi connectivity index (χ4v) is 6.58. The van der Waals surface area contributed by atoms with Crippen LogP contribution in [0.25, 0.3) is 0 Å². The van der Waals surface area contributed by atoms with Gasteiger partial charge in [-0.15, -0.1) is 0 Å². The molecule has 7 nitrogen and oxygen atoms in total. The highest BCUT2D eigenvalue weighted by atomic mass is 35.5. The molecule has 0 aliphatic rings. The van der Waals surface area contributed by atoms with Gasteiger partial charge in [-0.25, -0.2) is 8.42 Å². The Morgan fingerprint density at radius 1 is 0.844 bits per heavy atom. The SMILES string of the molecule is CCCNC(=O)C(Cc1ccccc1)N(Cc1ccccc1Cl)C(=O)CN(c1ccc(C)c(C)c1)S(=O)(=O)c1ccc(C)cc1. The van der Waals surface area contributed by atoms with Crippen LogP contribution >= 0.6 is 11.6 Å².